The molecule has 0 unspecified atom stereocenters. The fraction of sp³-hybridized carbons (Fsp3) is 0.222. The van der Waals surface area contributed by atoms with Gasteiger partial charge in [0, 0.05) is 0 Å². The van der Waals surface area contributed by atoms with E-state index in [1.165, 1.54) is 4.63 Å². The van der Waals surface area contributed by atoms with Gasteiger partial charge >= 0.3 is 11.9 Å². The van der Waals surface area contributed by atoms with Gasteiger partial charge in [0.1, 0.15) is 5.03 Å². The number of hydrogen-bond donors (Lipinski definition) is 0. The molecule has 0 aliphatic heterocycles. The van der Waals surface area contributed by atoms with Crippen LogP contribution < -0.4 is 0 Å². The van der Waals surface area contributed by atoms with Gasteiger partial charge in [0.25, 0.3) is 5.22 Å². The van der Waals surface area contributed by atoms with Gasteiger partial charge in [-0.25, -0.2) is 4.79 Å². The SMILES string of the molecule is CCOC(=O)c1nnc(Sc2ccc3nnnn3n2)o1. The minimum atomic E-state index is -0.657. The molecule has 0 atom stereocenters. The quantitative estimate of drug-likeness (QED) is 0.618. The van der Waals surface area contributed by atoms with E-state index in [4.69, 9.17) is 9.15 Å². The van der Waals surface area contributed by atoms with E-state index >= 15 is 0 Å². The number of hydrogen-bond acceptors (Lipinski definition) is 10. The summed E-state index contributed by atoms with van der Waals surface area (Å²) >= 11 is 1.09. The van der Waals surface area contributed by atoms with Gasteiger partial charge in [0.15, 0.2) is 5.65 Å². The van der Waals surface area contributed by atoms with Crippen LogP contribution in [0.2, 0.25) is 0 Å². The summed E-state index contributed by atoms with van der Waals surface area (Å²) in [6.07, 6.45) is 0. The molecule has 0 fully saturated rings. The van der Waals surface area contributed by atoms with Crippen molar-refractivity contribution < 1.29 is 13.9 Å². The highest BCUT2D eigenvalue weighted by Gasteiger charge is 2.17. The molecule has 11 heteroatoms. The van der Waals surface area contributed by atoms with E-state index in [0.717, 1.165) is 11.8 Å². The second-order valence-corrected chi connectivity index (χ2v) is 4.37. The van der Waals surface area contributed by atoms with Crippen LogP contribution in [0.1, 0.15) is 17.6 Å². The predicted octanol–water partition coefficient (Wildman–Crippen LogP) is 0.230. The van der Waals surface area contributed by atoms with E-state index in [2.05, 4.69) is 30.8 Å². The monoisotopic (exact) mass is 293 g/mol. The number of esters is 1. The summed E-state index contributed by atoms with van der Waals surface area (Å²) in [5.74, 6) is -0.853. The predicted molar refractivity (Wildman–Crippen MR) is 63.0 cm³/mol. The summed E-state index contributed by atoms with van der Waals surface area (Å²) in [4.78, 5) is 11.4. The van der Waals surface area contributed by atoms with Crippen LogP contribution in [0.4, 0.5) is 0 Å². The molecule has 3 aromatic heterocycles. The molecule has 10 nitrogen and oxygen atoms in total. The zero-order valence-corrected chi connectivity index (χ0v) is 10.9. The highest BCUT2D eigenvalue weighted by molar-refractivity contribution is 7.99. The third-order valence-electron chi connectivity index (χ3n) is 2.09. The van der Waals surface area contributed by atoms with Gasteiger partial charge in [-0.2, -0.15) is 0 Å². The smallest absolute Gasteiger partial charge is 0.396 e. The minimum absolute atomic E-state index is 0.174. The Kier molecular flexibility index (Phi) is 3.25. The van der Waals surface area contributed by atoms with Crippen LogP contribution >= 0.6 is 11.8 Å². The fourth-order valence-electron chi connectivity index (χ4n) is 1.30. The Morgan fingerprint density at radius 3 is 3.15 bits per heavy atom. The maximum atomic E-state index is 11.4. The lowest BCUT2D eigenvalue weighted by molar-refractivity contribution is 0.0475. The number of ether oxygens (including phenoxy) is 1. The fourth-order valence-corrected chi connectivity index (χ4v) is 1.94. The molecule has 20 heavy (non-hydrogen) atoms. The number of fused-ring (bicyclic) bond motifs is 1. The van der Waals surface area contributed by atoms with Gasteiger partial charge < -0.3 is 9.15 Å². The molecular weight excluding hydrogens is 286 g/mol. The van der Waals surface area contributed by atoms with E-state index in [1.807, 2.05) is 0 Å². The van der Waals surface area contributed by atoms with Gasteiger partial charge in [-0.3, -0.25) is 0 Å². The molecule has 0 spiro atoms. The van der Waals surface area contributed by atoms with Crippen molar-refractivity contribution in [1.82, 2.24) is 35.5 Å². The average molecular weight is 293 g/mol. The summed E-state index contributed by atoms with van der Waals surface area (Å²) in [6, 6.07) is 3.39. The largest absolute Gasteiger partial charge is 0.459 e. The highest BCUT2D eigenvalue weighted by atomic mass is 32.2. The number of rotatable bonds is 4. The molecule has 0 saturated carbocycles. The van der Waals surface area contributed by atoms with Gasteiger partial charge in [-0.05, 0) is 41.2 Å². The molecule has 0 bridgehead atoms. The number of carbonyl (C=O) groups excluding carboxylic acids is 1. The van der Waals surface area contributed by atoms with E-state index < -0.39 is 5.97 Å². The van der Waals surface area contributed by atoms with Gasteiger partial charge in [-0.1, -0.05) is 5.10 Å². The molecule has 102 valence electrons. The Labute approximate surface area is 115 Å². The number of carbonyl (C=O) groups is 1. The standard InChI is InChI=1S/C9H7N7O3S/c1-2-18-8(17)7-11-12-9(19-7)20-6-4-3-5-10-14-15-16(5)13-6/h3-4H,2H2,1H3. The van der Waals surface area contributed by atoms with Gasteiger partial charge in [-0.15, -0.1) is 19.9 Å². The number of aromatic nitrogens is 7. The molecule has 0 N–H and O–H groups in total. The maximum absolute atomic E-state index is 11.4. The highest BCUT2D eigenvalue weighted by Crippen LogP contribution is 2.24. The molecule has 3 rings (SSSR count). The Morgan fingerprint density at radius 1 is 1.40 bits per heavy atom. The van der Waals surface area contributed by atoms with Crippen molar-refractivity contribution in [3.05, 3.63) is 18.0 Å². The van der Waals surface area contributed by atoms with E-state index in [-0.39, 0.29) is 17.7 Å². The summed E-state index contributed by atoms with van der Waals surface area (Å²) in [5, 5.41) is 23.0. The average Bonchev–Trinajstić information content (AvgIpc) is 3.07. The van der Waals surface area contributed by atoms with Crippen molar-refractivity contribution in [1.29, 1.82) is 0 Å². The Hall–Kier alpha value is -2.56. The van der Waals surface area contributed by atoms with Gasteiger partial charge in [0.05, 0.1) is 6.61 Å². The third kappa shape index (κ3) is 2.42. The van der Waals surface area contributed by atoms with Crippen molar-refractivity contribution in [3.63, 3.8) is 0 Å². The topological polar surface area (TPSA) is 121 Å². The first-order valence-corrected chi connectivity index (χ1v) is 6.32. The Balaban J connectivity index is 1.78. The first-order valence-electron chi connectivity index (χ1n) is 5.50. The molecule has 0 radical (unpaired) electrons. The van der Waals surface area contributed by atoms with E-state index in [0.29, 0.717) is 10.7 Å². The van der Waals surface area contributed by atoms with Crippen molar-refractivity contribution in [3.8, 4) is 0 Å². The lowest BCUT2D eigenvalue weighted by Gasteiger charge is -1.95. The summed E-state index contributed by atoms with van der Waals surface area (Å²) < 4.78 is 11.2. The Bertz CT molecular complexity index is 755. The Morgan fingerprint density at radius 2 is 2.30 bits per heavy atom. The first kappa shape index (κ1) is 12.5. The van der Waals surface area contributed by atoms with Crippen LogP contribution in [0.15, 0.2) is 26.8 Å². The van der Waals surface area contributed by atoms with Crippen LogP contribution in [-0.4, -0.2) is 48.0 Å². The molecule has 0 saturated heterocycles. The molecule has 0 aromatic carbocycles. The molecule has 0 aliphatic carbocycles. The van der Waals surface area contributed by atoms with Crippen molar-refractivity contribution in [2.24, 2.45) is 0 Å². The van der Waals surface area contributed by atoms with Crippen molar-refractivity contribution in [2.45, 2.75) is 17.2 Å². The molecule has 0 aliphatic rings. The number of tetrazole rings is 1. The number of nitrogens with zero attached hydrogens (tertiary/aromatic N) is 7. The minimum Gasteiger partial charge on any atom is -0.459 e. The normalized spacial score (nSPS) is 10.8. The van der Waals surface area contributed by atoms with Crippen LogP contribution in [-0.2, 0) is 4.74 Å². The molecular formula is C9H7N7O3S. The first-order chi connectivity index (χ1) is 9.76. The van der Waals surface area contributed by atoms with Crippen LogP contribution in [0.25, 0.3) is 5.65 Å². The van der Waals surface area contributed by atoms with Crippen LogP contribution in [0, 0.1) is 0 Å². The lowest BCUT2D eigenvalue weighted by atomic mass is 10.6. The summed E-state index contributed by atoms with van der Waals surface area (Å²) in [6.45, 7) is 1.93. The molecule has 3 heterocycles. The molecule has 0 amide bonds. The van der Waals surface area contributed by atoms with Crippen molar-refractivity contribution >= 4 is 23.4 Å². The zero-order chi connectivity index (χ0) is 13.9. The molecule has 3 aromatic rings. The van der Waals surface area contributed by atoms with Crippen LogP contribution in [0.5, 0.6) is 0 Å². The second-order valence-electron chi connectivity index (χ2n) is 3.39. The van der Waals surface area contributed by atoms with E-state index in [1.54, 1.807) is 19.1 Å². The summed E-state index contributed by atoms with van der Waals surface area (Å²) in [5.41, 5.74) is 0.520. The van der Waals surface area contributed by atoms with Crippen molar-refractivity contribution in [2.75, 3.05) is 6.61 Å². The second kappa shape index (κ2) is 5.21. The third-order valence-corrected chi connectivity index (χ3v) is 2.86. The van der Waals surface area contributed by atoms with Crippen LogP contribution in [0.3, 0.4) is 0 Å². The van der Waals surface area contributed by atoms with E-state index in [9.17, 15) is 4.79 Å². The van der Waals surface area contributed by atoms with Gasteiger partial charge in [0.2, 0.25) is 0 Å². The summed E-state index contributed by atoms with van der Waals surface area (Å²) in [7, 11) is 0. The maximum Gasteiger partial charge on any atom is 0.396 e. The lowest BCUT2D eigenvalue weighted by Crippen LogP contribution is -2.04. The zero-order valence-electron chi connectivity index (χ0n) is 10.1.